The van der Waals surface area contributed by atoms with Crippen LogP contribution in [0.5, 0.6) is 0 Å². The van der Waals surface area contributed by atoms with Crippen LogP contribution in [0, 0.1) is 0 Å². The van der Waals surface area contributed by atoms with Crippen LogP contribution in [-0.4, -0.2) is 32.0 Å². The van der Waals surface area contributed by atoms with E-state index in [1.54, 1.807) is 13.8 Å². The zero-order valence-corrected chi connectivity index (χ0v) is 18.2. The predicted molar refractivity (Wildman–Crippen MR) is 108 cm³/mol. The fourth-order valence-electron chi connectivity index (χ4n) is 2.82. The van der Waals surface area contributed by atoms with Gasteiger partial charge in [-0.2, -0.15) is 0 Å². The molecule has 5 nitrogen and oxygen atoms in total. The van der Waals surface area contributed by atoms with Gasteiger partial charge < -0.3 is 13.8 Å². The van der Waals surface area contributed by atoms with Crippen molar-refractivity contribution in [2.45, 2.75) is 97.8 Å². The Bertz CT molecular complexity index is 363. The number of hydrogen-bond donors (Lipinski definition) is 0. The first-order valence-corrected chi connectivity index (χ1v) is 12.3. The minimum Gasteiger partial charge on any atom is -0.466 e. The lowest BCUT2D eigenvalue weighted by Crippen LogP contribution is -2.08. The number of carbonyl (C=O) groups is 1. The molecule has 0 aliphatic heterocycles. The molecule has 0 saturated carbocycles. The first kappa shape index (κ1) is 25.6. The van der Waals surface area contributed by atoms with Gasteiger partial charge in [0.2, 0.25) is 0 Å². The van der Waals surface area contributed by atoms with Gasteiger partial charge >= 0.3 is 13.6 Å². The zero-order valence-electron chi connectivity index (χ0n) is 17.3. The van der Waals surface area contributed by atoms with Gasteiger partial charge in [0.25, 0.3) is 0 Å². The van der Waals surface area contributed by atoms with E-state index in [0.29, 0.717) is 26.2 Å². The van der Waals surface area contributed by atoms with Crippen LogP contribution >= 0.6 is 7.60 Å². The molecule has 0 fully saturated rings. The average molecular weight is 393 g/mol. The smallest absolute Gasteiger partial charge is 0.330 e. The van der Waals surface area contributed by atoms with Gasteiger partial charge in [-0.1, -0.05) is 64.7 Å². The highest BCUT2D eigenvalue weighted by Gasteiger charge is 2.23. The summed E-state index contributed by atoms with van der Waals surface area (Å²) in [5, 5.41) is 0. The predicted octanol–water partition coefficient (Wildman–Crippen LogP) is 6.50. The van der Waals surface area contributed by atoms with Gasteiger partial charge in [-0.05, 0) is 26.7 Å². The molecule has 0 spiro atoms. The topological polar surface area (TPSA) is 61.8 Å². The number of unbranched alkanes of at least 4 members (excludes halogenated alkanes) is 9. The molecule has 0 aromatic carbocycles. The normalized spacial score (nSPS) is 11.7. The Kier molecular flexibility index (Phi) is 17.7. The first-order chi connectivity index (χ1) is 12.6. The highest BCUT2D eigenvalue weighted by Crippen LogP contribution is 2.48. The van der Waals surface area contributed by atoms with Gasteiger partial charge in [0.15, 0.2) is 0 Å². The molecule has 0 bridgehead atoms. The summed E-state index contributed by atoms with van der Waals surface area (Å²) in [7, 11) is -3.04. The monoisotopic (exact) mass is 392 g/mol. The summed E-state index contributed by atoms with van der Waals surface area (Å²) in [6.45, 7) is 7.00. The summed E-state index contributed by atoms with van der Waals surface area (Å²) in [6.07, 6.45) is 13.6. The van der Waals surface area contributed by atoms with E-state index in [0.717, 1.165) is 12.8 Å². The minimum atomic E-state index is -3.04. The van der Waals surface area contributed by atoms with Gasteiger partial charge in [-0.15, -0.1) is 0 Å². The standard InChI is InChI=1S/C20H41O5P/c1-4-7-8-9-10-11-12-13-14-15-18-23-20(21)17-16-19-26(22,24-5-2)25-6-3/h4-19H2,1-3H3. The lowest BCUT2D eigenvalue weighted by atomic mass is 10.1. The molecule has 0 amide bonds. The molecule has 26 heavy (non-hydrogen) atoms. The number of esters is 1. The number of ether oxygens (including phenoxy) is 1. The summed E-state index contributed by atoms with van der Waals surface area (Å²) in [4.78, 5) is 11.7. The van der Waals surface area contributed by atoms with E-state index < -0.39 is 7.60 Å². The van der Waals surface area contributed by atoms with Crippen LogP contribution in [0.4, 0.5) is 0 Å². The molecule has 0 aliphatic rings. The third kappa shape index (κ3) is 15.8. The second kappa shape index (κ2) is 18.0. The van der Waals surface area contributed by atoms with Gasteiger partial charge in [0.05, 0.1) is 26.0 Å². The van der Waals surface area contributed by atoms with Crippen molar-refractivity contribution >= 4 is 13.6 Å². The van der Waals surface area contributed by atoms with Crippen molar-refractivity contribution in [3.05, 3.63) is 0 Å². The molecule has 156 valence electrons. The van der Waals surface area contributed by atoms with E-state index in [9.17, 15) is 9.36 Å². The van der Waals surface area contributed by atoms with Crippen LogP contribution in [-0.2, 0) is 23.1 Å². The molecule has 0 radical (unpaired) electrons. The third-order valence-electron chi connectivity index (χ3n) is 4.23. The fraction of sp³-hybridized carbons (Fsp3) is 0.950. The van der Waals surface area contributed by atoms with Crippen molar-refractivity contribution in [1.29, 1.82) is 0 Å². The van der Waals surface area contributed by atoms with Crippen LogP contribution < -0.4 is 0 Å². The van der Waals surface area contributed by atoms with E-state index in [1.165, 1.54) is 51.4 Å². The molecule has 0 rings (SSSR count). The Morgan fingerprint density at radius 3 is 1.73 bits per heavy atom. The SMILES string of the molecule is CCCCCCCCCCCCOC(=O)CCCP(=O)(OCC)OCC. The van der Waals surface area contributed by atoms with Crippen molar-refractivity contribution in [2.24, 2.45) is 0 Å². The Morgan fingerprint density at radius 2 is 1.23 bits per heavy atom. The molecule has 0 unspecified atom stereocenters. The fourth-order valence-corrected chi connectivity index (χ4v) is 4.49. The van der Waals surface area contributed by atoms with Crippen LogP contribution in [0.1, 0.15) is 97.8 Å². The summed E-state index contributed by atoms with van der Waals surface area (Å²) in [5.41, 5.74) is 0. The van der Waals surface area contributed by atoms with E-state index >= 15 is 0 Å². The molecule has 0 atom stereocenters. The van der Waals surface area contributed by atoms with Crippen molar-refractivity contribution < 1.29 is 23.1 Å². The van der Waals surface area contributed by atoms with Crippen molar-refractivity contribution in [3.63, 3.8) is 0 Å². The molecule has 0 saturated heterocycles. The van der Waals surface area contributed by atoms with E-state index in [2.05, 4.69) is 6.92 Å². The molecule has 0 N–H and O–H groups in total. The Morgan fingerprint density at radius 1 is 0.731 bits per heavy atom. The lowest BCUT2D eigenvalue weighted by molar-refractivity contribution is -0.143. The molecule has 0 aromatic rings. The quantitative estimate of drug-likeness (QED) is 0.143. The second-order valence-electron chi connectivity index (χ2n) is 6.68. The van der Waals surface area contributed by atoms with Crippen LogP contribution in [0.2, 0.25) is 0 Å². The molecule has 0 aliphatic carbocycles. The maximum absolute atomic E-state index is 12.3. The largest absolute Gasteiger partial charge is 0.466 e. The van der Waals surface area contributed by atoms with Crippen molar-refractivity contribution in [3.8, 4) is 0 Å². The van der Waals surface area contributed by atoms with Gasteiger partial charge in [0.1, 0.15) is 0 Å². The minimum absolute atomic E-state index is 0.222. The number of rotatable bonds is 19. The lowest BCUT2D eigenvalue weighted by Gasteiger charge is -2.16. The van der Waals surface area contributed by atoms with Gasteiger partial charge in [-0.3, -0.25) is 9.36 Å². The Hall–Kier alpha value is -0.380. The van der Waals surface area contributed by atoms with E-state index in [-0.39, 0.29) is 18.6 Å². The summed E-state index contributed by atoms with van der Waals surface area (Å²) in [6, 6.07) is 0. The molecular weight excluding hydrogens is 351 g/mol. The molecule has 0 aromatic heterocycles. The average Bonchev–Trinajstić information content (AvgIpc) is 2.60. The van der Waals surface area contributed by atoms with Crippen molar-refractivity contribution in [1.82, 2.24) is 0 Å². The van der Waals surface area contributed by atoms with Crippen LogP contribution in [0.3, 0.4) is 0 Å². The zero-order chi connectivity index (χ0) is 19.5. The van der Waals surface area contributed by atoms with E-state index in [1.807, 2.05) is 0 Å². The highest BCUT2D eigenvalue weighted by molar-refractivity contribution is 7.53. The number of hydrogen-bond acceptors (Lipinski definition) is 5. The van der Waals surface area contributed by atoms with Crippen molar-refractivity contribution in [2.75, 3.05) is 26.0 Å². The molecule has 6 heteroatoms. The highest BCUT2D eigenvalue weighted by atomic mass is 31.2. The van der Waals surface area contributed by atoms with Crippen LogP contribution in [0.15, 0.2) is 0 Å². The van der Waals surface area contributed by atoms with Gasteiger partial charge in [0, 0.05) is 6.42 Å². The summed E-state index contributed by atoms with van der Waals surface area (Å²) in [5.74, 6) is -0.222. The Balaban J connectivity index is 3.50. The third-order valence-corrected chi connectivity index (χ3v) is 6.39. The first-order valence-electron chi connectivity index (χ1n) is 10.6. The summed E-state index contributed by atoms with van der Waals surface area (Å²) >= 11 is 0. The second-order valence-corrected chi connectivity index (χ2v) is 8.86. The summed E-state index contributed by atoms with van der Waals surface area (Å²) < 4.78 is 27.9. The van der Waals surface area contributed by atoms with E-state index in [4.69, 9.17) is 13.8 Å². The van der Waals surface area contributed by atoms with Gasteiger partial charge in [-0.25, -0.2) is 0 Å². The maximum atomic E-state index is 12.3. The maximum Gasteiger partial charge on any atom is 0.330 e. The Labute approximate surface area is 161 Å². The molecule has 0 heterocycles. The van der Waals surface area contributed by atoms with Crippen LogP contribution in [0.25, 0.3) is 0 Å². The number of carbonyl (C=O) groups excluding carboxylic acids is 1. The molecular formula is C20H41O5P.